The summed E-state index contributed by atoms with van der Waals surface area (Å²) < 4.78 is 10.3. The summed E-state index contributed by atoms with van der Waals surface area (Å²) in [5.41, 5.74) is 0.981. The molecular weight excluding hydrogens is 240 g/mol. The zero-order chi connectivity index (χ0) is 14.5. The SMILES string of the molecule is C=CC(OC(=O)OC(C)(C)C)C(=C)c1ccccc1. The van der Waals surface area contributed by atoms with E-state index in [1.807, 2.05) is 30.3 Å². The van der Waals surface area contributed by atoms with E-state index in [2.05, 4.69) is 13.2 Å². The Morgan fingerprint density at radius 1 is 1.26 bits per heavy atom. The maximum atomic E-state index is 11.6. The van der Waals surface area contributed by atoms with Crippen molar-refractivity contribution in [2.75, 3.05) is 0 Å². The molecule has 1 aromatic carbocycles. The molecule has 3 nitrogen and oxygen atoms in total. The van der Waals surface area contributed by atoms with Crippen LogP contribution in [0.25, 0.3) is 5.57 Å². The van der Waals surface area contributed by atoms with E-state index in [4.69, 9.17) is 9.47 Å². The Labute approximate surface area is 114 Å². The van der Waals surface area contributed by atoms with E-state index >= 15 is 0 Å². The van der Waals surface area contributed by atoms with Crippen LogP contribution < -0.4 is 0 Å². The first-order valence-electron chi connectivity index (χ1n) is 6.10. The van der Waals surface area contributed by atoms with Crippen molar-refractivity contribution >= 4 is 11.7 Å². The minimum Gasteiger partial charge on any atom is -0.429 e. The van der Waals surface area contributed by atoms with Gasteiger partial charge in [0, 0.05) is 0 Å². The second-order valence-electron chi connectivity index (χ2n) is 5.13. The second-order valence-corrected chi connectivity index (χ2v) is 5.13. The van der Waals surface area contributed by atoms with Gasteiger partial charge in [-0.1, -0.05) is 43.5 Å². The third kappa shape index (κ3) is 5.00. The van der Waals surface area contributed by atoms with Crippen molar-refractivity contribution in [3.05, 3.63) is 55.1 Å². The van der Waals surface area contributed by atoms with Gasteiger partial charge in [-0.25, -0.2) is 4.79 Å². The van der Waals surface area contributed by atoms with Crippen molar-refractivity contribution in [3.8, 4) is 0 Å². The molecule has 0 aliphatic carbocycles. The van der Waals surface area contributed by atoms with Gasteiger partial charge in [-0.15, -0.1) is 0 Å². The fraction of sp³-hybridized carbons (Fsp3) is 0.312. The Bertz CT molecular complexity index is 455. The molecule has 0 fully saturated rings. The maximum Gasteiger partial charge on any atom is 0.509 e. The van der Waals surface area contributed by atoms with E-state index in [9.17, 15) is 4.79 Å². The second kappa shape index (κ2) is 6.23. The highest BCUT2D eigenvalue weighted by Gasteiger charge is 2.21. The fourth-order valence-corrected chi connectivity index (χ4v) is 1.46. The predicted molar refractivity (Wildman–Crippen MR) is 76.8 cm³/mol. The Hall–Kier alpha value is -2.03. The van der Waals surface area contributed by atoms with E-state index in [-0.39, 0.29) is 0 Å². The lowest BCUT2D eigenvalue weighted by atomic mass is 10.0. The Balaban J connectivity index is 2.72. The number of ether oxygens (including phenoxy) is 2. The lowest BCUT2D eigenvalue weighted by molar-refractivity contribution is -0.0103. The van der Waals surface area contributed by atoms with Gasteiger partial charge in [0.1, 0.15) is 11.7 Å². The highest BCUT2D eigenvalue weighted by molar-refractivity contribution is 5.71. The number of carbonyl (C=O) groups excluding carboxylic acids is 1. The summed E-state index contributed by atoms with van der Waals surface area (Å²) in [4.78, 5) is 11.6. The largest absolute Gasteiger partial charge is 0.509 e. The van der Waals surface area contributed by atoms with Crippen LogP contribution in [0.3, 0.4) is 0 Å². The smallest absolute Gasteiger partial charge is 0.429 e. The number of carbonyl (C=O) groups is 1. The number of rotatable bonds is 4. The molecule has 19 heavy (non-hydrogen) atoms. The first-order valence-corrected chi connectivity index (χ1v) is 6.10. The van der Waals surface area contributed by atoms with Crippen molar-refractivity contribution in [3.63, 3.8) is 0 Å². The molecule has 0 heterocycles. The van der Waals surface area contributed by atoms with Crippen molar-refractivity contribution in [2.24, 2.45) is 0 Å². The maximum absolute atomic E-state index is 11.6. The molecule has 1 aromatic rings. The Kier molecular flexibility index (Phi) is 4.93. The molecule has 1 rings (SSSR count). The van der Waals surface area contributed by atoms with Gasteiger partial charge in [0.05, 0.1) is 0 Å². The van der Waals surface area contributed by atoms with Gasteiger partial charge < -0.3 is 9.47 Å². The molecule has 102 valence electrons. The van der Waals surface area contributed by atoms with Crippen LogP contribution in [0.1, 0.15) is 26.3 Å². The van der Waals surface area contributed by atoms with E-state index in [1.165, 1.54) is 6.08 Å². The van der Waals surface area contributed by atoms with Gasteiger partial charge >= 0.3 is 6.16 Å². The van der Waals surface area contributed by atoms with Crippen molar-refractivity contribution in [1.29, 1.82) is 0 Å². The first kappa shape index (κ1) is 15.0. The van der Waals surface area contributed by atoms with Crippen LogP contribution in [0.4, 0.5) is 4.79 Å². The van der Waals surface area contributed by atoms with Crippen LogP contribution in [0.15, 0.2) is 49.6 Å². The predicted octanol–water partition coefficient (Wildman–Crippen LogP) is 4.21. The molecular formula is C16H20O3. The Morgan fingerprint density at radius 2 is 1.84 bits per heavy atom. The van der Waals surface area contributed by atoms with E-state index < -0.39 is 17.9 Å². The number of hydrogen-bond donors (Lipinski definition) is 0. The zero-order valence-corrected chi connectivity index (χ0v) is 11.7. The van der Waals surface area contributed by atoms with Gasteiger partial charge in [-0.3, -0.25) is 0 Å². The normalized spacial score (nSPS) is 12.4. The van der Waals surface area contributed by atoms with Crippen LogP contribution >= 0.6 is 0 Å². The van der Waals surface area contributed by atoms with Gasteiger partial charge in [0.15, 0.2) is 0 Å². The van der Waals surface area contributed by atoms with Crippen molar-refractivity contribution < 1.29 is 14.3 Å². The highest BCUT2D eigenvalue weighted by atomic mass is 16.7. The average Bonchev–Trinajstić information content (AvgIpc) is 2.34. The third-order valence-corrected chi connectivity index (χ3v) is 2.31. The first-order chi connectivity index (χ1) is 8.83. The van der Waals surface area contributed by atoms with Crippen molar-refractivity contribution in [1.82, 2.24) is 0 Å². The molecule has 0 aromatic heterocycles. The third-order valence-electron chi connectivity index (χ3n) is 2.31. The highest BCUT2D eigenvalue weighted by Crippen LogP contribution is 2.20. The van der Waals surface area contributed by atoms with Crippen LogP contribution in [-0.2, 0) is 9.47 Å². The molecule has 0 amide bonds. The summed E-state index contributed by atoms with van der Waals surface area (Å²) in [6.07, 6.45) is 0.200. The molecule has 1 unspecified atom stereocenters. The van der Waals surface area contributed by atoms with Crippen LogP contribution in [-0.4, -0.2) is 17.9 Å². The minimum absolute atomic E-state index is 0.586. The van der Waals surface area contributed by atoms with E-state index in [0.717, 1.165) is 5.56 Å². The Morgan fingerprint density at radius 3 is 2.32 bits per heavy atom. The average molecular weight is 260 g/mol. The molecule has 0 bridgehead atoms. The lowest BCUT2D eigenvalue weighted by Gasteiger charge is -2.22. The van der Waals surface area contributed by atoms with Crippen LogP contribution in [0.2, 0.25) is 0 Å². The monoisotopic (exact) mass is 260 g/mol. The minimum atomic E-state index is -0.727. The molecule has 0 aliphatic heterocycles. The summed E-state index contributed by atoms with van der Waals surface area (Å²) in [6, 6.07) is 9.51. The molecule has 0 saturated heterocycles. The van der Waals surface area contributed by atoms with Gasteiger partial charge in [-0.05, 0) is 38.0 Å². The standard InChI is InChI=1S/C16H20O3/c1-6-14(18-15(17)19-16(3,4)5)12(2)13-10-8-7-9-11-13/h6-11,14H,1-2H2,3-5H3. The van der Waals surface area contributed by atoms with Crippen LogP contribution in [0, 0.1) is 0 Å². The topological polar surface area (TPSA) is 35.5 Å². The van der Waals surface area contributed by atoms with Gasteiger partial charge in [-0.2, -0.15) is 0 Å². The molecule has 1 atom stereocenters. The number of benzene rings is 1. The molecule has 0 radical (unpaired) electrons. The summed E-state index contributed by atoms with van der Waals surface area (Å²) in [5, 5.41) is 0. The molecule has 0 N–H and O–H groups in total. The summed E-state index contributed by atoms with van der Waals surface area (Å²) >= 11 is 0. The summed E-state index contributed by atoms with van der Waals surface area (Å²) in [7, 11) is 0. The molecule has 0 saturated carbocycles. The quantitative estimate of drug-likeness (QED) is 0.601. The van der Waals surface area contributed by atoms with Crippen molar-refractivity contribution in [2.45, 2.75) is 32.5 Å². The lowest BCUT2D eigenvalue weighted by Crippen LogP contribution is -2.27. The molecule has 0 aliphatic rings. The summed E-state index contributed by atoms with van der Waals surface area (Å²) in [6.45, 7) is 12.9. The molecule has 3 heteroatoms. The zero-order valence-electron chi connectivity index (χ0n) is 11.7. The van der Waals surface area contributed by atoms with Crippen LogP contribution in [0.5, 0.6) is 0 Å². The van der Waals surface area contributed by atoms with E-state index in [1.54, 1.807) is 20.8 Å². The molecule has 0 spiro atoms. The van der Waals surface area contributed by atoms with Gasteiger partial charge in [0.2, 0.25) is 0 Å². The number of hydrogen-bond acceptors (Lipinski definition) is 3. The fourth-order valence-electron chi connectivity index (χ4n) is 1.46. The summed E-state index contributed by atoms with van der Waals surface area (Å²) in [5.74, 6) is 0. The van der Waals surface area contributed by atoms with Gasteiger partial charge in [0.25, 0.3) is 0 Å². The van der Waals surface area contributed by atoms with E-state index in [0.29, 0.717) is 5.57 Å².